The molecule has 3 nitrogen and oxygen atoms in total. The Morgan fingerprint density at radius 3 is 2.78 bits per heavy atom. The first-order chi connectivity index (χ1) is 8.76. The van der Waals surface area contributed by atoms with Gasteiger partial charge in [-0.05, 0) is 35.4 Å². The first-order valence-electron chi connectivity index (χ1n) is 5.70. The second kappa shape index (κ2) is 4.31. The third kappa shape index (κ3) is 1.91. The van der Waals surface area contributed by atoms with Crippen LogP contribution in [-0.4, -0.2) is 12.0 Å². The number of thiazole rings is 1. The second-order valence-corrected chi connectivity index (χ2v) is 5.13. The Hall–Kier alpha value is -2.07. The number of nitrogens with two attached hydrogens (primary N) is 1. The van der Waals surface area contributed by atoms with E-state index in [0.717, 1.165) is 15.9 Å². The van der Waals surface area contributed by atoms with Gasteiger partial charge in [0.25, 0.3) is 0 Å². The Morgan fingerprint density at radius 1 is 1.11 bits per heavy atom. The van der Waals surface area contributed by atoms with Gasteiger partial charge < -0.3 is 11.1 Å². The molecule has 0 aliphatic rings. The van der Waals surface area contributed by atoms with E-state index < -0.39 is 0 Å². The molecule has 0 aliphatic heterocycles. The molecule has 0 radical (unpaired) electrons. The Kier molecular flexibility index (Phi) is 2.64. The summed E-state index contributed by atoms with van der Waals surface area (Å²) in [6.07, 6.45) is 0. The summed E-state index contributed by atoms with van der Waals surface area (Å²) in [6, 6.07) is 14.6. The zero-order valence-corrected chi connectivity index (χ0v) is 10.8. The average molecular weight is 255 g/mol. The van der Waals surface area contributed by atoms with E-state index in [1.54, 1.807) is 0 Å². The lowest BCUT2D eigenvalue weighted by Gasteiger charge is -2.05. The van der Waals surface area contributed by atoms with Gasteiger partial charge in [-0.3, -0.25) is 0 Å². The van der Waals surface area contributed by atoms with Crippen LogP contribution < -0.4 is 11.1 Å². The maximum atomic E-state index is 5.72. The third-order valence-corrected chi connectivity index (χ3v) is 3.74. The summed E-state index contributed by atoms with van der Waals surface area (Å²) < 4.78 is 1.12. The SMILES string of the molecule is CNc1cccc(-c2ccc3nc(N)sc3c2)c1. The van der Waals surface area contributed by atoms with Crippen LogP contribution in [0.2, 0.25) is 0 Å². The van der Waals surface area contributed by atoms with Gasteiger partial charge in [0.2, 0.25) is 0 Å². The van der Waals surface area contributed by atoms with Crippen LogP contribution in [0.25, 0.3) is 21.3 Å². The van der Waals surface area contributed by atoms with Gasteiger partial charge in [0.15, 0.2) is 5.13 Å². The zero-order chi connectivity index (χ0) is 12.5. The number of benzene rings is 2. The average Bonchev–Trinajstić information content (AvgIpc) is 2.77. The molecule has 1 heterocycles. The minimum absolute atomic E-state index is 0.617. The molecule has 0 saturated heterocycles. The first-order valence-corrected chi connectivity index (χ1v) is 6.52. The highest BCUT2D eigenvalue weighted by Crippen LogP contribution is 2.30. The topological polar surface area (TPSA) is 50.9 Å². The van der Waals surface area contributed by atoms with Gasteiger partial charge in [-0.2, -0.15) is 0 Å². The molecular formula is C14H13N3S. The predicted molar refractivity (Wildman–Crippen MR) is 79.0 cm³/mol. The molecule has 0 fully saturated rings. The first kappa shape index (κ1) is 11.0. The molecule has 0 saturated carbocycles. The molecule has 0 spiro atoms. The predicted octanol–water partition coefficient (Wildman–Crippen LogP) is 3.59. The number of hydrogen-bond acceptors (Lipinski definition) is 4. The van der Waals surface area contributed by atoms with E-state index in [0.29, 0.717) is 5.13 Å². The van der Waals surface area contributed by atoms with Crippen molar-refractivity contribution in [2.45, 2.75) is 0 Å². The minimum atomic E-state index is 0.617. The molecular weight excluding hydrogens is 242 g/mol. The lowest BCUT2D eigenvalue weighted by molar-refractivity contribution is 1.49. The summed E-state index contributed by atoms with van der Waals surface area (Å²) in [4.78, 5) is 4.27. The van der Waals surface area contributed by atoms with Crippen molar-refractivity contribution < 1.29 is 0 Å². The number of aromatic nitrogens is 1. The third-order valence-electron chi connectivity index (χ3n) is 2.89. The fourth-order valence-electron chi connectivity index (χ4n) is 1.98. The second-order valence-electron chi connectivity index (χ2n) is 4.07. The monoisotopic (exact) mass is 255 g/mol. The summed E-state index contributed by atoms with van der Waals surface area (Å²) in [7, 11) is 1.92. The molecule has 3 rings (SSSR count). The zero-order valence-electron chi connectivity index (χ0n) is 9.97. The molecule has 4 heteroatoms. The highest BCUT2D eigenvalue weighted by Gasteiger charge is 2.04. The van der Waals surface area contributed by atoms with Gasteiger partial charge in [0.05, 0.1) is 10.2 Å². The van der Waals surface area contributed by atoms with Gasteiger partial charge in [-0.25, -0.2) is 4.98 Å². The van der Waals surface area contributed by atoms with Crippen LogP contribution in [-0.2, 0) is 0 Å². The maximum absolute atomic E-state index is 5.72. The van der Waals surface area contributed by atoms with Crippen molar-refractivity contribution in [3.8, 4) is 11.1 Å². The van der Waals surface area contributed by atoms with Crippen LogP contribution in [0.4, 0.5) is 10.8 Å². The van der Waals surface area contributed by atoms with Crippen LogP contribution in [0.1, 0.15) is 0 Å². The van der Waals surface area contributed by atoms with Gasteiger partial charge >= 0.3 is 0 Å². The number of hydrogen-bond donors (Lipinski definition) is 2. The molecule has 0 atom stereocenters. The van der Waals surface area contributed by atoms with Gasteiger partial charge in [-0.1, -0.05) is 29.5 Å². The van der Waals surface area contributed by atoms with Crippen molar-refractivity contribution in [2.75, 3.05) is 18.1 Å². The summed E-state index contributed by atoms with van der Waals surface area (Å²) in [5, 5.41) is 3.77. The van der Waals surface area contributed by atoms with Crippen molar-refractivity contribution in [3.63, 3.8) is 0 Å². The molecule has 0 aliphatic carbocycles. The van der Waals surface area contributed by atoms with Gasteiger partial charge in [-0.15, -0.1) is 0 Å². The summed E-state index contributed by atoms with van der Waals surface area (Å²) in [5.41, 5.74) is 10.2. The van der Waals surface area contributed by atoms with Crippen LogP contribution >= 0.6 is 11.3 Å². The maximum Gasteiger partial charge on any atom is 0.181 e. The van der Waals surface area contributed by atoms with Crippen LogP contribution in [0, 0.1) is 0 Å². The van der Waals surface area contributed by atoms with Crippen LogP contribution in [0.15, 0.2) is 42.5 Å². The lowest BCUT2D eigenvalue weighted by Crippen LogP contribution is -1.87. The fourth-order valence-corrected chi connectivity index (χ4v) is 2.75. The summed E-state index contributed by atoms with van der Waals surface area (Å²) >= 11 is 1.52. The largest absolute Gasteiger partial charge is 0.388 e. The van der Waals surface area contributed by atoms with Gasteiger partial charge in [0, 0.05) is 12.7 Å². The van der Waals surface area contributed by atoms with E-state index >= 15 is 0 Å². The number of nitrogen functional groups attached to an aromatic ring is 1. The van der Waals surface area contributed by atoms with Gasteiger partial charge in [0.1, 0.15) is 0 Å². The molecule has 3 N–H and O–H groups in total. The molecule has 0 unspecified atom stereocenters. The quantitative estimate of drug-likeness (QED) is 0.735. The van der Waals surface area contributed by atoms with E-state index in [-0.39, 0.29) is 0 Å². The van der Waals surface area contributed by atoms with Crippen molar-refractivity contribution in [1.29, 1.82) is 0 Å². The molecule has 90 valence electrons. The lowest BCUT2D eigenvalue weighted by atomic mass is 10.1. The summed E-state index contributed by atoms with van der Waals surface area (Å²) in [5.74, 6) is 0. The number of anilines is 2. The van der Waals surface area contributed by atoms with Crippen molar-refractivity contribution in [3.05, 3.63) is 42.5 Å². The Labute approximate surface area is 109 Å². The van der Waals surface area contributed by atoms with E-state index in [1.165, 1.54) is 22.5 Å². The van der Waals surface area contributed by atoms with E-state index in [4.69, 9.17) is 5.73 Å². The van der Waals surface area contributed by atoms with Crippen molar-refractivity contribution in [1.82, 2.24) is 4.98 Å². The smallest absolute Gasteiger partial charge is 0.181 e. The molecule has 3 aromatic rings. The standard InChI is InChI=1S/C14H13N3S/c1-16-11-4-2-3-9(7-11)10-5-6-12-13(8-10)18-14(15)17-12/h2-8,16H,1H3,(H2,15,17). The van der Waals surface area contributed by atoms with E-state index in [1.807, 2.05) is 25.2 Å². The molecule has 0 bridgehead atoms. The van der Waals surface area contributed by atoms with E-state index in [9.17, 15) is 0 Å². The Morgan fingerprint density at radius 2 is 1.94 bits per heavy atom. The number of nitrogens with zero attached hydrogens (tertiary/aromatic N) is 1. The molecule has 1 aromatic heterocycles. The molecule has 2 aromatic carbocycles. The molecule has 0 amide bonds. The normalized spacial score (nSPS) is 10.7. The van der Waals surface area contributed by atoms with Crippen molar-refractivity contribution >= 4 is 32.4 Å². The number of fused-ring (bicyclic) bond motifs is 1. The Balaban J connectivity index is 2.12. The Bertz CT molecular complexity index is 703. The number of nitrogens with one attached hydrogen (secondary N) is 1. The van der Waals surface area contributed by atoms with E-state index in [2.05, 4.69) is 34.6 Å². The molecule has 18 heavy (non-hydrogen) atoms. The highest BCUT2D eigenvalue weighted by molar-refractivity contribution is 7.22. The van der Waals surface area contributed by atoms with Crippen molar-refractivity contribution in [2.24, 2.45) is 0 Å². The minimum Gasteiger partial charge on any atom is -0.388 e. The summed E-state index contributed by atoms with van der Waals surface area (Å²) in [6.45, 7) is 0. The van der Waals surface area contributed by atoms with Crippen LogP contribution in [0.5, 0.6) is 0 Å². The van der Waals surface area contributed by atoms with Crippen LogP contribution in [0.3, 0.4) is 0 Å². The highest BCUT2D eigenvalue weighted by atomic mass is 32.1. The number of rotatable bonds is 2. The fraction of sp³-hybridized carbons (Fsp3) is 0.0714.